The van der Waals surface area contributed by atoms with E-state index in [0.717, 1.165) is 42.0 Å². The minimum absolute atomic E-state index is 0.0701. The molecule has 24 heavy (non-hydrogen) atoms. The van der Waals surface area contributed by atoms with E-state index in [1.165, 1.54) is 5.57 Å². The minimum atomic E-state index is 0.0701. The minimum Gasteiger partial charge on any atom is -0.387 e. The molecule has 128 valence electrons. The summed E-state index contributed by atoms with van der Waals surface area (Å²) < 4.78 is 5.03. The Labute approximate surface area is 147 Å². The van der Waals surface area contributed by atoms with Crippen LogP contribution in [0.25, 0.3) is 5.57 Å². The zero-order chi connectivity index (χ0) is 17.4. The lowest BCUT2D eigenvalue weighted by atomic mass is 9.97. The second-order valence-corrected chi connectivity index (χ2v) is 6.57. The summed E-state index contributed by atoms with van der Waals surface area (Å²) in [5, 5.41) is 12.0. The molecule has 0 radical (unpaired) electrons. The summed E-state index contributed by atoms with van der Waals surface area (Å²) in [6.45, 7) is 3.48. The van der Waals surface area contributed by atoms with Gasteiger partial charge in [0.05, 0.1) is 17.7 Å². The molecule has 1 heterocycles. The third-order valence-electron chi connectivity index (χ3n) is 4.01. The Morgan fingerprint density at radius 1 is 1.50 bits per heavy atom. The van der Waals surface area contributed by atoms with Gasteiger partial charge in [0, 0.05) is 31.2 Å². The van der Waals surface area contributed by atoms with E-state index >= 15 is 0 Å². The monoisotopic (exact) mass is 344 g/mol. The van der Waals surface area contributed by atoms with Gasteiger partial charge in [-0.1, -0.05) is 13.0 Å². The fourth-order valence-corrected chi connectivity index (χ4v) is 3.62. The fourth-order valence-electron chi connectivity index (χ4n) is 2.58. The van der Waals surface area contributed by atoms with Gasteiger partial charge < -0.3 is 10.5 Å². The van der Waals surface area contributed by atoms with E-state index in [0.29, 0.717) is 19.0 Å². The van der Waals surface area contributed by atoms with E-state index in [2.05, 4.69) is 23.4 Å². The van der Waals surface area contributed by atoms with Crippen molar-refractivity contribution < 1.29 is 4.74 Å². The number of thiazole rings is 1. The average Bonchev–Trinajstić information content (AvgIpc) is 3.09. The number of nitrogens with zero attached hydrogens (tertiary/aromatic N) is 3. The molecule has 6 heteroatoms. The van der Waals surface area contributed by atoms with Crippen molar-refractivity contribution in [3.63, 3.8) is 0 Å². The van der Waals surface area contributed by atoms with Crippen LogP contribution in [0.5, 0.6) is 0 Å². The first-order valence-electron chi connectivity index (χ1n) is 8.24. The molecular weight excluding hydrogens is 320 g/mol. The van der Waals surface area contributed by atoms with Crippen LogP contribution in [0.15, 0.2) is 28.1 Å². The number of allylic oxidation sites excluding steroid dienone is 4. The van der Waals surface area contributed by atoms with Crippen LogP contribution in [0.4, 0.5) is 0 Å². The lowest BCUT2D eigenvalue weighted by Crippen LogP contribution is -2.22. The predicted molar refractivity (Wildman–Crippen MR) is 99.0 cm³/mol. The summed E-state index contributed by atoms with van der Waals surface area (Å²) >= 11 is 1.63. The van der Waals surface area contributed by atoms with Crippen LogP contribution < -0.4 is 5.73 Å². The van der Waals surface area contributed by atoms with Crippen LogP contribution in [-0.2, 0) is 4.74 Å². The first-order chi connectivity index (χ1) is 11.7. The number of hydrogen-bond donors (Lipinski definition) is 1. The van der Waals surface area contributed by atoms with Crippen molar-refractivity contribution >= 4 is 22.7 Å². The summed E-state index contributed by atoms with van der Waals surface area (Å²) in [6, 6.07) is 2.21. The second-order valence-electron chi connectivity index (χ2n) is 5.68. The van der Waals surface area contributed by atoms with Gasteiger partial charge in [0.2, 0.25) is 0 Å². The molecule has 2 rings (SSSR count). The van der Waals surface area contributed by atoms with Crippen molar-refractivity contribution in [3.05, 3.63) is 33.8 Å². The van der Waals surface area contributed by atoms with Crippen LogP contribution in [0, 0.1) is 11.3 Å². The van der Waals surface area contributed by atoms with Crippen molar-refractivity contribution in [2.45, 2.75) is 38.5 Å². The molecule has 1 aliphatic carbocycles. The molecule has 1 unspecified atom stereocenters. The molecule has 5 nitrogen and oxygen atoms in total. The quantitative estimate of drug-likeness (QED) is 0.443. The number of aliphatic imine (C=N–C) groups is 1. The highest BCUT2D eigenvalue weighted by atomic mass is 32.1. The number of amidine groups is 1. The Hall–Kier alpha value is -1.97. The van der Waals surface area contributed by atoms with Crippen molar-refractivity contribution in [2.75, 3.05) is 20.3 Å². The number of nitriles is 1. The maximum Gasteiger partial charge on any atom is 0.104 e. The van der Waals surface area contributed by atoms with E-state index in [9.17, 15) is 0 Å². The second kappa shape index (κ2) is 9.36. The van der Waals surface area contributed by atoms with Crippen molar-refractivity contribution in [1.82, 2.24) is 4.98 Å². The summed E-state index contributed by atoms with van der Waals surface area (Å²) in [4.78, 5) is 9.25. The molecule has 0 fully saturated rings. The summed E-state index contributed by atoms with van der Waals surface area (Å²) in [6.07, 6.45) is 7.29. The third kappa shape index (κ3) is 4.76. The molecule has 0 aliphatic heterocycles. The van der Waals surface area contributed by atoms with Gasteiger partial charge in [-0.25, -0.2) is 4.98 Å². The molecule has 1 atom stereocenters. The third-order valence-corrected chi connectivity index (χ3v) is 4.97. The summed E-state index contributed by atoms with van der Waals surface area (Å²) in [7, 11) is 1.69. The predicted octanol–water partition coefficient (Wildman–Crippen LogP) is 3.66. The summed E-state index contributed by atoms with van der Waals surface area (Å²) in [5.41, 5.74) is 9.19. The molecule has 0 saturated heterocycles. The molecule has 0 spiro atoms. The molecule has 0 amide bonds. The number of hydrogen-bond acceptors (Lipinski definition) is 5. The maximum absolute atomic E-state index is 8.93. The largest absolute Gasteiger partial charge is 0.387 e. The van der Waals surface area contributed by atoms with Crippen LogP contribution in [-0.4, -0.2) is 31.1 Å². The van der Waals surface area contributed by atoms with Gasteiger partial charge in [0.25, 0.3) is 0 Å². The molecule has 1 aliphatic rings. The Morgan fingerprint density at radius 2 is 2.33 bits per heavy atom. The Bertz CT molecular complexity index is 681. The Morgan fingerprint density at radius 3 is 2.96 bits per heavy atom. The van der Waals surface area contributed by atoms with Crippen LogP contribution >= 0.6 is 11.3 Å². The van der Waals surface area contributed by atoms with Crippen LogP contribution in [0.3, 0.4) is 0 Å². The van der Waals surface area contributed by atoms with E-state index in [4.69, 9.17) is 20.7 Å². The van der Waals surface area contributed by atoms with Gasteiger partial charge in [0.15, 0.2) is 0 Å². The maximum atomic E-state index is 8.93. The number of nitrogens with two attached hydrogens (primary N) is 1. The van der Waals surface area contributed by atoms with E-state index in [1.54, 1.807) is 18.4 Å². The smallest absolute Gasteiger partial charge is 0.104 e. The first-order valence-corrected chi connectivity index (χ1v) is 9.11. The van der Waals surface area contributed by atoms with Gasteiger partial charge >= 0.3 is 0 Å². The van der Waals surface area contributed by atoms with Gasteiger partial charge in [-0.15, -0.1) is 11.3 Å². The van der Waals surface area contributed by atoms with Crippen molar-refractivity contribution in [1.29, 1.82) is 5.26 Å². The Kier molecular flexibility index (Phi) is 7.16. The SMILES string of the molecule is CCC(C(N)=NCCCOC)c1nc(C2=CC=C(C#N)CC2)cs1. The molecule has 1 aromatic rings. The molecule has 2 N–H and O–H groups in total. The zero-order valence-electron chi connectivity index (χ0n) is 14.3. The fraction of sp³-hybridized carbons (Fsp3) is 0.500. The lowest BCUT2D eigenvalue weighted by Gasteiger charge is -2.12. The molecule has 1 aromatic heterocycles. The number of rotatable bonds is 8. The first kappa shape index (κ1) is 18.4. The van der Waals surface area contributed by atoms with E-state index in [-0.39, 0.29) is 5.92 Å². The highest BCUT2D eigenvalue weighted by molar-refractivity contribution is 7.10. The van der Waals surface area contributed by atoms with Crippen molar-refractivity contribution in [3.8, 4) is 6.07 Å². The molecular formula is C18H24N4OS. The topological polar surface area (TPSA) is 84.3 Å². The van der Waals surface area contributed by atoms with Gasteiger partial charge in [-0.2, -0.15) is 5.26 Å². The van der Waals surface area contributed by atoms with Crippen molar-refractivity contribution in [2.24, 2.45) is 10.7 Å². The standard InChI is InChI=1S/C18H24N4OS/c1-3-15(17(20)21-9-4-10-23-2)18-22-16(12-24-18)14-7-5-13(11-19)6-8-14/h5,7,12,15H,3-4,6,8-10H2,1-2H3,(H2,20,21). The van der Waals surface area contributed by atoms with Gasteiger partial charge in [0.1, 0.15) is 10.8 Å². The van der Waals surface area contributed by atoms with Gasteiger partial charge in [-0.05, 0) is 37.3 Å². The van der Waals surface area contributed by atoms with E-state index in [1.807, 2.05) is 12.2 Å². The Balaban J connectivity index is 2.09. The van der Waals surface area contributed by atoms with Gasteiger partial charge in [-0.3, -0.25) is 4.99 Å². The number of ether oxygens (including phenoxy) is 1. The van der Waals surface area contributed by atoms with Crippen LogP contribution in [0.2, 0.25) is 0 Å². The highest BCUT2D eigenvalue weighted by Gasteiger charge is 2.19. The van der Waals surface area contributed by atoms with E-state index < -0.39 is 0 Å². The number of methoxy groups -OCH3 is 1. The summed E-state index contributed by atoms with van der Waals surface area (Å²) in [5.74, 6) is 0.722. The average molecular weight is 344 g/mol. The molecule has 0 saturated carbocycles. The lowest BCUT2D eigenvalue weighted by molar-refractivity contribution is 0.197. The highest BCUT2D eigenvalue weighted by Crippen LogP contribution is 2.30. The molecule has 0 aromatic carbocycles. The van der Waals surface area contributed by atoms with Crippen LogP contribution in [0.1, 0.15) is 49.2 Å². The molecule has 0 bridgehead atoms. The normalized spacial score (nSPS) is 16.3. The zero-order valence-corrected chi connectivity index (χ0v) is 15.1. The number of aromatic nitrogens is 1.